The first-order valence-corrected chi connectivity index (χ1v) is 11.6. The maximum atomic E-state index is 12.8. The van der Waals surface area contributed by atoms with E-state index in [1.54, 1.807) is 18.2 Å². The van der Waals surface area contributed by atoms with E-state index in [9.17, 15) is 9.59 Å². The first kappa shape index (κ1) is 23.3. The highest BCUT2D eigenvalue weighted by Gasteiger charge is 2.29. The van der Waals surface area contributed by atoms with E-state index in [1.165, 1.54) is 6.33 Å². The molecule has 2 amide bonds. The van der Waals surface area contributed by atoms with Crippen molar-refractivity contribution in [2.24, 2.45) is 0 Å². The van der Waals surface area contributed by atoms with E-state index in [0.29, 0.717) is 40.7 Å². The number of anilines is 3. The third-order valence-electron chi connectivity index (χ3n) is 5.96. The summed E-state index contributed by atoms with van der Waals surface area (Å²) in [5.41, 5.74) is 3.40. The zero-order chi connectivity index (χ0) is 24.9. The molecule has 1 aromatic carbocycles. The summed E-state index contributed by atoms with van der Waals surface area (Å²) in [7, 11) is 0. The summed E-state index contributed by atoms with van der Waals surface area (Å²) >= 11 is 0. The lowest BCUT2D eigenvalue weighted by atomic mass is 10.1. The molecule has 2 aliphatic heterocycles. The van der Waals surface area contributed by atoms with E-state index in [0.717, 1.165) is 44.1 Å². The van der Waals surface area contributed by atoms with Crippen LogP contribution in [0.3, 0.4) is 0 Å². The normalized spacial score (nSPS) is 16.3. The van der Waals surface area contributed by atoms with Crippen LogP contribution in [0.15, 0.2) is 42.7 Å². The van der Waals surface area contributed by atoms with Gasteiger partial charge in [0.25, 0.3) is 11.8 Å². The van der Waals surface area contributed by atoms with Crippen molar-refractivity contribution in [1.29, 1.82) is 0 Å². The van der Waals surface area contributed by atoms with E-state index >= 15 is 0 Å². The standard InChI is InChI=1S/C26H25N7O3/c1-2-17-4-3-5-18(14-17)31-23-22-20(25(34)32-24(22)29-16-28-23)15-19-6-7-21(30-19)26(35)27-8-9-33-10-12-36-13-11-33/h1,3-7,14-16,30H,8-13H2,(H,27,35)(H2,28,29,31,32,34)/b20-15-. The summed E-state index contributed by atoms with van der Waals surface area (Å²) in [6.07, 6.45) is 8.56. The summed E-state index contributed by atoms with van der Waals surface area (Å²) in [5, 5.41) is 8.92. The number of terminal acetylenes is 1. The van der Waals surface area contributed by atoms with Crippen LogP contribution < -0.4 is 16.0 Å². The number of amides is 2. The Bertz CT molecular complexity index is 1370. The summed E-state index contributed by atoms with van der Waals surface area (Å²) in [5.74, 6) is 2.96. The van der Waals surface area contributed by atoms with Crippen molar-refractivity contribution in [3.05, 3.63) is 65.2 Å². The number of benzene rings is 1. The molecule has 3 aromatic rings. The molecule has 182 valence electrons. The van der Waals surface area contributed by atoms with Crippen LogP contribution in [0.1, 0.15) is 27.3 Å². The van der Waals surface area contributed by atoms with Gasteiger partial charge in [-0.1, -0.05) is 12.0 Å². The second-order valence-corrected chi connectivity index (χ2v) is 8.35. The van der Waals surface area contributed by atoms with Crippen LogP contribution in [0.2, 0.25) is 0 Å². The monoisotopic (exact) mass is 483 g/mol. The van der Waals surface area contributed by atoms with Gasteiger partial charge in [0, 0.05) is 43.1 Å². The third kappa shape index (κ3) is 5.12. The highest BCUT2D eigenvalue weighted by atomic mass is 16.5. The highest BCUT2D eigenvalue weighted by Crippen LogP contribution is 2.36. The fourth-order valence-corrected chi connectivity index (χ4v) is 4.11. The molecule has 2 aliphatic rings. The van der Waals surface area contributed by atoms with Crippen LogP contribution in [0.5, 0.6) is 0 Å². The van der Waals surface area contributed by atoms with Crippen molar-refractivity contribution < 1.29 is 14.3 Å². The minimum atomic E-state index is -0.308. The van der Waals surface area contributed by atoms with Crippen molar-refractivity contribution in [2.75, 3.05) is 50.0 Å². The maximum Gasteiger partial charge on any atom is 0.267 e. The molecule has 1 fully saturated rings. The Morgan fingerprint density at radius 3 is 2.92 bits per heavy atom. The summed E-state index contributed by atoms with van der Waals surface area (Å²) in [6.45, 7) is 4.49. The Labute approximate surface area is 208 Å². The zero-order valence-electron chi connectivity index (χ0n) is 19.5. The van der Waals surface area contributed by atoms with Gasteiger partial charge in [-0.25, -0.2) is 9.97 Å². The molecule has 0 radical (unpaired) electrons. The number of aromatic amines is 1. The molecule has 5 rings (SSSR count). The molecule has 1 saturated heterocycles. The topological polar surface area (TPSA) is 124 Å². The Hall–Kier alpha value is -4.46. The summed E-state index contributed by atoms with van der Waals surface area (Å²) in [6, 6.07) is 10.8. The summed E-state index contributed by atoms with van der Waals surface area (Å²) < 4.78 is 5.34. The lowest BCUT2D eigenvalue weighted by Crippen LogP contribution is -2.41. The van der Waals surface area contributed by atoms with Crippen molar-refractivity contribution in [2.45, 2.75) is 0 Å². The van der Waals surface area contributed by atoms with Gasteiger partial charge in [-0.15, -0.1) is 6.42 Å². The molecule has 0 atom stereocenters. The zero-order valence-corrected chi connectivity index (χ0v) is 19.5. The minimum absolute atomic E-state index is 0.205. The van der Waals surface area contributed by atoms with Crippen LogP contribution in [0, 0.1) is 12.3 Å². The number of aromatic nitrogens is 3. The van der Waals surface area contributed by atoms with Gasteiger partial charge in [0.05, 0.1) is 24.4 Å². The predicted octanol–water partition coefficient (Wildman–Crippen LogP) is 2.08. The molecule has 0 spiro atoms. The Kier molecular flexibility index (Phi) is 6.75. The molecule has 0 bridgehead atoms. The lowest BCUT2D eigenvalue weighted by Gasteiger charge is -2.26. The maximum absolute atomic E-state index is 12.8. The second kappa shape index (κ2) is 10.4. The molecule has 36 heavy (non-hydrogen) atoms. The third-order valence-corrected chi connectivity index (χ3v) is 5.96. The number of ether oxygens (including phenoxy) is 1. The number of hydrogen-bond acceptors (Lipinski definition) is 7. The van der Waals surface area contributed by atoms with Crippen LogP contribution in [-0.2, 0) is 9.53 Å². The van der Waals surface area contributed by atoms with Crippen LogP contribution >= 0.6 is 0 Å². The number of fused-ring (bicyclic) bond motifs is 1. The quantitative estimate of drug-likeness (QED) is 0.300. The van der Waals surface area contributed by atoms with Crippen molar-refractivity contribution in [3.63, 3.8) is 0 Å². The van der Waals surface area contributed by atoms with E-state index in [1.807, 2.05) is 24.3 Å². The molecular weight excluding hydrogens is 458 g/mol. The molecule has 4 heterocycles. The van der Waals surface area contributed by atoms with Crippen LogP contribution in [-0.4, -0.2) is 71.1 Å². The van der Waals surface area contributed by atoms with Gasteiger partial charge >= 0.3 is 0 Å². The van der Waals surface area contributed by atoms with E-state index in [-0.39, 0.29) is 11.8 Å². The number of H-pyrrole nitrogens is 1. The molecule has 0 aliphatic carbocycles. The first-order chi connectivity index (χ1) is 17.6. The van der Waals surface area contributed by atoms with Gasteiger partial charge < -0.3 is 25.7 Å². The SMILES string of the molecule is C#Cc1cccc(Nc2ncnc3c2/C(=C/c2ccc(C(=O)NCCN4CCOCC4)[nH]2)C(=O)N3)c1. The Balaban J connectivity index is 1.32. The highest BCUT2D eigenvalue weighted by molar-refractivity contribution is 6.35. The van der Waals surface area contributed by atoms with Gasteiger partial charge in [-0.05, 0) is 36.4 Å². The predicted molar refractivity (Wildman–Crippen MR) is 137 cm³/mol. The molecule has 0 unspecified atom stereocenters. The van der Waals surface area contributed by atoms with E-state index < -0.39 is 0 Å². The van der Waals surface area contributed by atoms with Crippen molar-refractivity contribution in [3.8, 4) is 12.3 Å². The first-order valence-electron chi connectivity index (χ1n) is 11.6. The van der Waals surface area contributed by atoms with Gasteiger partial charge in [0.2, 0.25) is 0 Å². The molecule has 10 nitrogen and oxygen atoms in total. The smallest absolute Gasteiger partial charge is 0.267 e. The number of nitrogens with one attached hydrogen (secondary N) is 4. The fourth-order valence-electron chi connectivity index (χ4n) is 4.11. The number of nitrogens with zero attached hydrogens (tertiary/aromatic N) is 3. The number of carbonyl (C=O) groups excluding carboxylic acids is 2. The second-order valence-electron chi connectivity index (χ2n) is 8.35. The number of hydrogen-bond donors (Lipinski definition) is 4. The van der Waals surface area contributed by atoms with Crippen LogP contribution in [0.25, 0.3) is 11.6 Å². The summed E-state index contributed by atoms with van der Waals surface area (Å²) in [4.78, 5) is 39.2. The molecule has 2 aromatic heterocycles. The molecule has 0 saturated carbocycles. The Morgan fingerprint density at radius 2 is 2.08 bits per heavy atom. The Morgan fingerprint density at radius 1 is 1.22 bits per heavy atom. The van der Waals surface area contributed by atoms with E-state index in [2.05, 4.69) is 41.7 Å². The van der Waals surface area contributed by atoms with Crippen molar-refractivity contribution in [1.82, 2.24) is 25.2 Å². The molecule has 10 heteroatoms. The van der Waals surface area contributed by atoms with Crippen LogP contribution in [0.4, 0.5) is 17.3 Å². The molecular formula is C26H25N7O3. The molecule has 4 N–H and O–H groups in total. The van der Waals surface area contributed by atoms with Gasteiger partial charge in [-0.3, -0.25) is 14.5 Å². The lowest BCUT2D eigenvalue weighted by molar-refractivity contribution is -0.110. The van der Waals surface area contributed by atoms with Crippen molar-refractivity contribution >= 4 is 40.8 Å². The number of rotatable bonds is 7. The van der Waals surface area contributed by atoms with Gasteiger partial charge in [-0.2, -0.15) is 0 Å². The largest absolute Gasteiger partial charge is 0.379 e. The van der Waals surface area contributed by atoms with E-state index in [4.69, 9.17) is 11.2 Å². The van der Waals surface area contributed by atoms with Gasteiger partial charge in [0.15, 0.2) is 0 Å². The average Bonchev–Trinajstić information content (AvgIpc) is 3.50. The fraction of sp³-hybridized carbons (Fsp3) is 0.231. The number of carbonyl (C=O) groups is 2. The number of morpholine rings is 1. The average molecular weight is 484 g/mol. The minimum Gasteiger partial charge on any atom is -0.379 e. The van der Waals surface area contributed by atoms with Gasteiger partial charge in [0.1, 0.15) is 23.7 Å².